The lowest BCUT2D eigenvalue weighted by Gasteiger charge is -2.10. The highest BCUT2D eigenvalue weighted by molar-refractivity contribution is 6.08. The van der Waals surface area contributed by atoms with Gasteiger partial charge in [-0.1, -0.05) is 0 Å². The van der Waals surface area contributed by atoms with Crippen LogP contribution in [0.2, 0.25) is 0 Å². The van der Waals surface area contributed by atoms with Crippen molar-refractivity contribution in [1.82, 2.24) is 19.2 Å². The molecule has 7 nitrogen and oxygen atoms in total. The quantitative estimate of drug-likeness (QED) is 0.429. The molecule has 0 saturated carbocycles. The fourth-order valence-electron chi connectivity index (χ4n) is 3.57. The van der Waals surface area contributed by atoms with Crippen LogP contribution >= 0.6 is 0 Å². The molecule has 0 amide bonds. The van der Waals surface area contributed by atoms with E-state index in [9.17, 15) is 15.0 Å². The number of hydrogen-bond acceptors (Lipinski definition) is 5. The van der Waals surface area contributed by atoms with Gasteiger partial charge in [0.1, 0.15) is 0 Å². The summed E-state index contributed by atoms with van der Waals surface area (Å²) in [5.74, 6) is -0.0704. The Bertz CT molecular complexity index is 1190. The van der Waals surface area contributed by atoms with Crippen LogP contribution in [0.1, 0.15) is 28.5 Å². The molecule has 2 N–H and O–H groups in total. The van der Waals surface area contributed by atoms with Crippen molar-refractivity contribution in [2.75, 3.05) is 0 Å². The number of hydrogen-bond donors (Lipinski definition) is 2. The van der Waals surface area contributed by atoms with Crippen molar-refractivity contribution in [1.29, 1.82) is 0 Å². The third-order valence-electron chi connectivity index (χ3n) is 4.67. The first kappa shape index (κ1) is 17.4. The van der Waals surface area contributed by atoms with Gasteiger partial charge in [-0.2, -0.15) is 5.10 Å². The van der Waals surface area contributed by atoms with Crippen LogP contribution in [-0.4, -0.2) is 41.5 Å². The average molecular weight is 364 g/mol. The summed E-state index contributed by atoms with van der Waals surface area (Å²) >= 11 is 0. The van der Waals surface area contributed by atoms with Crippen LogP contribution in [0.15, 0.2) is 36.8 Å². The van der Waals surface area contributed by atoms with Gasteiger partial charge >= 0.3 is 0 Å². The summed E-state index contributed by atoms with van der Waals surface area (Å²) in [6.45, 7) is 5.38. The normalized spacial score (nSPS) is 11.8. The van der Waals surface area contributed by atoms with Crippen molar-refractivity contribution >= 4 is 22.3 Å². The van der Waals surface area contributed by atoms with E-state index in [1.54, 1.807) is 21.5 Å². The average Bonchev–Trinajstić information content (AvgIpc) is 3.13. The maximum absolute atomic E-state index is 12.1. The Morgan fingerprint density at radius 3 is 2.63 bits per heavy atom. The minimum absolute atomic E-state index is 0.00401. The topological polar surface area (TPSA) is 92.7 Å². The van der Waals surface area contributed by atoms with Crippen molar-refractivity contribution in [3.05, 3.63) is 53.6 Å². The molecule has 0 radical (unpaired) electrons. The van der Waals surface area contributed by atoms with E-state index in [1.807, 2.05) is 38.2 Å². The van der Waals surface area contributed by atoms with Gasteiger partial charge in [0.2, 0.25) is 0 Å². The molecule has 27 heavy (non-hydrogen) atoms. The number of ketones is 1. The number of carbonyl (C=O) groups excluding carboxylic acids is 1. The molecule has 3 aromatic heterocycles. The molecule has 0 aliphatic carbocycles. The van der Waals surface area contributed by atoms with Crippen LogP contribution in [0.25, 0.3) is 27.7 Å². The van der Waals surface area contributed by atoms with Gasteiger partial charge in [-0.15, -0.1) is 0 Å². The number of benzene rings is 1. The maximum atomic E-state index is 12.1. The van der Waals surface area contributed by atoms with E-state index in [4.69, 9.17) is 0 Å². The van der Waals surface area contributed by atoms with Crippen LogP contribution in [0, 0.1) is 13.8 Å². The van der Waals surface area contributed by atoms with E-state index in [0.717, 1.165) is 38.9 Å². The number of fused-ring (bicyclic) bond motifs is 2. The zero-order chi connectivity index (χ0) is 19.3. The molecular weight excluding hydrogens is 344 g/mol. The Labute approximate surface area is 155 Å². The summed E-state index contributed by atoms with van der Waals surface area (Å²) in [7, 11) is 0. The van der Waals surface area contributed by atoms with Gasteiger partial charge in [0.25, 0.3) is 0 Å². The largest absolute Gasteiger partial charge is 0.367 e. The number of carbonyl (C=O) groups is 1. The van der Waals surface area contributed by atoms with Gasteiger partial charge in [-0.3, -0.25) is 4.79 Å². The maximum Gasteiger partial charge on any atom is 0.169 e. The molecule has 1 aromatic carbocycles. The molecule has 3 heterocycles. The number of aryl methyl sites for hydroxylation is 2. The smallest absolute Gasteiger partial charge is 0.169 e. The van der Waals surface area contributed by atoms with E-state index in [2.05, 4.69) is 10.1 Å². The predicted octanol–water partition coefficient (Wildman–Crippen LogP) is 2.48. The summed E-state index contributed by atoms with van der Waals surface area (Å²) in [5, 5.41) is 23.9. The van der Waals surface area contributed by atoms with Crippen molar-refractivity contribution in [2.45, 2.75) is 33.6 Å². The van der Waals surface area contributed by atoms with Crippen molar-refractivity contribution in [3.63, 3.8) is 0 Å². The van der Waals surface area contributed by atoms with E-state index in [-0.39, 0.29) is 12.3 Å². The molecule has 0 aliphatic rings. The molecule has 0 saturated heterocycles. The highest BCUT2D eigenvalue weighted by atomic mass is 16.5. The summed E-state index contributed by atoms with van der Waals surface area (Å²) in [6.07, 6.45) is 3.90. The van der Waals surface area contributed by atoms with Crippen LogP contribution in [0.3, 0.4) is 0 Å². The Balaban J connectivity index is 1.93. The third-order valence-corrected chi connectivity index (χ3v) is 4.67. The first-order chi connectivity index (χ1) is 12.8. The van der Waals surface area contributed by atoms with Crippen molar-refractivity contribution < 1.29 is 15.0 Å². The van der Waals surface area contributed by atoms with Crippen LogP contribution in [0.5, 0.6) is 0 Å². The van der Waals surface area contributed by atoms with E-state index in [1.165, 1.54) is 6.92 Å². The highest BCUT2D eigenvalue weighted by Gasteiger charge is 2.17. The van der Waals surface area contributed by atoms with Crippen molar-refractivity contribution in [2.24, 2.45) is 0 Å². The van der Waals surface area contributed by atoms with Gasteiger partial charge < -0.3 is 14.8 Å². The Hall–Kier alpha value is -3.03. The molecule has 138 valence electrons. The predicted molar refractivity (Wildman–Crippen MR) is 102 cm³/mol. The molecule has 0 fully saturated rings. The summed E-state index contributed by atoms with van der Waals surface area (Å²) in [5.41, 5.74) is 5.80. The highest BCUT2D eigenvalue weighted by Crippen LogP contribution is 2.31. The summed E-state index contributed by atoms with van der Waals surface area (Å²) in [4.78, 5) is 16.6. The summed E-state index contributed by atoms with van der Waals surface area (Å²) < 4.78 is 3.46. The Morgan fingerprint density at radius 1 is 1.15 bits per heavy atom. The third kappa shape index (κ3) is 3.01. The fraction of sp³-hybridized carbons (Fsp3) is 0.250. The fourth-order valence-corrected chi connectivity index (χ4v) is 3.57. The molecule has 0 unspecified atom stereocenters. The van der Waals surface area contributed by atoms with E-state index < -0.39 is 6.29 Å². The van der Waals surface area contributed by atoms with Gasteiger partial charge in [-0.25, -0.2) is 9.50 Å². The second-order valence-corrected chi connectivity index (χ2v) is 6.85. The Morgan fingerprint density at radius 2 is 1.93 bits per heavy atom. The SMILES string of the molecule is CC(=O)c1cn(CC(O)O)c2c(C)cc(-c3cnc4cc(C)nn4c3)cc12. The second kappa shape index (κ2) is 6.29. The zero-order valence-corrected chi connectivity index (χ0v) is 15.3. The monoisotopic (exact) mass is 364 g/mol. The van der Waals surface area contributed by atoms with Gasteiger partial charge in [0.05, 0.1) is 17.8 Å². The lowest BCUT2D eigenvalue weighted by Crippen LogP contribution is -2.14. The Kier molecular flexibility index (Phi) is 4.05. The lowest BCUT2D eigenvalue weighted by atomic mass is 10.0. The first-order valence-corrected chi connectivity index (χ1v) is 8.66. The molecule has 4 aromatic rings. The number of rotatable bonds is 4. The zero-order valence-electron chi connectivity index (χ0n) is 15.3. The molecule has 4 rings (SSSR count). The number of aromatic nitrogens is 4. The molecule has 0 bridgehead atoms. The van der Waals surface area contributed by atoms with Crippen LogP contribution in [0.4, 0.5) is 0 Å². The van der Waals surface area contributed by atoms with Crippen LogP contribution < -0.4 is 0 Å². The number of aliphatic hydroxyl groups excluding tert-OH is 1. The minimum atomic E-state index is -1.49. The number of nitrogens with zero attached hydrogens (tertiary/aromatic N) is 4. The molecular formula is C20H20N4O3. The van der Waals surface area contributed by atoms with Gasteiger partial charge in [0, 0.05) is 41.2 Å². The number of aliphatic hydroxyl groups is 2. The second-order valence-electron chi connectivity index (χ2n) is 6.85. The first-order valence-electron chi connectivity index (χ1n) is 8.66. The minimum Gasteiger partial charge on any atom is -0.367 e. The van der Waals surface area contributed by atoms with Crippen LogP contribution in [-0.2, 0) is 6.54 Å². The lowest BCUT2D eigenvalue weighted by molar-refractivity contribution is -0.0505. The summed E-state index contributed by atoms with van der Waals surface area (Å²) in [6, 6.07) is 5.86. The van der Waals surface area contributed by atoms with E-state index >= 15 is 0 Å². The standard InChI is InChI=1S/C20H20N4O3/c1-11-4-14(15-7-21-18-5-12(2)22-24(18)8-15)6-16-17(13(3)25)9-23(20(11)16)10-19(26)27/h4-9,19,26-27H,10H2,1-3H3. The number of Topliss-reactive ketones (excluding diaryl/α,β-unsaturated/α-hetero) is 1. The molecule has 0 aliphatic heterocycles. The van der Waals surface area contributed by atoms with Gasteiger partial charge in [0.15, 0.2) is 17.7 Å². The van der Waals surface area contributed by atoms with E-state index in [0.29, 0.717) is 5.56 Å². The van der Waals surface area contributed by atoms with Crippen molar-refractivity contribution in [3.8, 4) is 11.1 Å². The van der Waals surface area contributed by atoms with Gasteiger partial charge in [-0.05, 0) is 44.0 Å². The molecule has 0 spiro atoms. The molecule has 7 heteroatoms. The molecule has 0 atom stereocenters.